The second kappa shape index (κ2) is 13.6. The van der Waals surface area contributed by atoms with Crippen LogP contribution in [0.5, 0.6) is 17.2 Å². The zero-order valence-electron chi connectivity index (χ0n) is 21.8. The Hall–Kier alpha value is -4.09. The van der Waals surface area contributed by atoms with E-state index in [4.69, 9.17) is 20.9 Å². The molecule has 1 heterocycles. The van der Waals surface area contributed by atoms with Crippen molar-refractivity contribution in [1.29, 1.82) is 0 Å². The predicted molar refractivity (Wildman–Crippen MR) is 158 cm³/mol. The van der Waals surface area contributed by atoms with Crippen LogP contribution in [0.1, 0.15) is 43.5 Å². The van der Waals surface area contributed by atoms with E-state index in [2.05, 4.69) is 16.9 Å². The van der Waals surface area contributed by atoms with Crippen LogP contribution in [-0.4, -0.2) is 25.1 Å². The Morgan fingerprint density at radius 1 is 1.18 bits per heavy atom. The van der Waals surface area contributed by atoms with Crippen molar-refractivity contribution < 1.29 is 22.7 Å². The Morgan fingerprint density at radius 3 is 2.56 bits per heavy atom. The Balaban J connectivity index is 2.06. The normalized spacial score (nSPS) is 12.2. The molecule has 0 saturated heterocycles. The number of anilines is 3. The Morgan fingerprint density at radius 2 is 1.92 bits per heavy atom. The zero-order chi connectivity index (χ0) is 28.4. The van der Waals surface area contributed by atoms with Gasteiger partial charge in [0, 0.05) is 17.9 Å². The van der Waals surface area contributed by atoms with Crippen LogP contribution >= 0.6 is 11.3 Å². The molecule has 1 aromatic heterocycles. The SMILES string of the molecule is C=C/C=C\C/C(=C(\C)Oc1cc(Oc2ccccc2)c(N)c(C(=O)Nc2nc(N)cs2)c1)S(=O)(=O)CCCC. The number of amides is 1. The molecule has 1 amide bonds. The number of aromatic nitrogens is 1. The fourth-order valence-corrected chi connectivity index (χ4v) is 5.85. The van der Waals surface area contributed by atoms with Crippen molar-refractivity contribution in [1.82, 2.24) is 4.98 Å². The van der Waals surface area contributed by atoms with Crippen LogP contribution in [-0.2, 0) is 9.84 Å². The summed E-state index contributed by atoms with van der Waals surface area (Å²) in [4.78, 5) is 17.4. The van der Waals surface area contributed by atoms with Gasteiger partial charge in [0.2, 0.25) is 0 Å². The number of unbranched alkanes of at least 4 members (excludes halogenated alkanes) is 1. The predicted octanol–water partition coefficient (Wildman–Crippen LogP) is 6.31. The fourth-order valence-electron chi connectivity index (χ4n) is 3.51. The standard InChI is InChI=1S/C28H32N4O5S2/c1-4-6-9-14-24(39(34,35)15-7-5-2)19(3)36-21-16-22(27(33)32-28-31-25(29)18-38-28)26(30)23(17-21)37-20-12-10-8-11-13-20/h4,6,8-13,16-18H,1,5,7,14-15,29-30H2,2-3H3,(H,31,32,33)/b9-6-,24-19-. The van der Waals surface area contributed by atoms with Crippen molar-refractivity contribution in [3.8, 4) is 17.2 Å². The number of benzene rings is 2. The molecule has 3 rings (SSSR count). The lowest BCUT2D eigenvalue weighted by Crippen LogP contribution is -2.15. The Kier molecular flexibility index (Phi) is 10.3. The third-order valence-corrected chi connectivity index (χ3v) is 8.26. The summed E-state index contributed by atoms with van der Waals surface area (Å²) in [6.07, 6.45) is 6.32. The molecule has 0 aliphatic carbocycles. The summed E-state index contributed by atoms with van der Waals surface area (Å²) in [6.45, 7) is 7.14. The molecule has 206 valence electrons. The van der Waals surface area contributed by atoms with Crippen molar-refractivity contribution in [2.45, 2.75) is 33.1 Å². The first-order valence-electron chi connectivity index (χ1n) is 12.2. The van der Waals surface area contributed by atoms with E-state index < -0.39 is 15.7 Å². The Bertz CT molecular complexity index is 1480. The lowest BCUT2D eigenvalue weighted by Gasteiger charge is -2.17. The summed E-state index contributed by atoms with van der Waals surface area (Å²) in [5.41, 5.74) is 12.1. The van der Waals surface area contributed by atoms with E-state index in [1.807, 2.05) is 13.0 Å². The highest BCUT2D eigenvalue weighted by atomic mass is 32.2. The number of hydrogen-bond donors (Lipinski definition) is 3. The maximum atomic E-state index is 13.2. The van der Waals surface area contributed by atoms with Crippen LogP contribution in [0.25, 0.3) is 0 Å². The highest BCUT2D eigenvalue weighted by Gasteiger charge is 2.23. The third-order valence-electron chi connectivity index (χ3n) is 5.45. The molecule has 2 aromatic carbocycles. The number of ether oxygens (including phenoxy) is 2. The summed E-state index contributed by atoms with van der Waals surface area (Å²) in [7, 11) is -3.60. The van der Waals surface area contributed by atoms with Crippen LogP contribution in [0.15, 0.2) is 83.3 Å². The maximum absolute atomic E-state index is 13.2. The molecule has 11 heteroatoms. The van der Waals surface area contributed by atoms with Gasteiger partial charge in [0.15, 0.2) is 20.7 Å². The number of carbonyl (C=O) groups excluding carboxylic acids is 1. The monoisotopic (exact) mass is 568 g/mol. The third kappa shape index (κ3) is 8.20. The minimum Gasteiger partial charge on any atom is -0.461 e. The quantitative estimate of drug-likeness (QED) is 0.123. The largest absolute Gasteiger partial charge is 0.461 e. The number of hydrogen-bond acceptors (Lipinski definition) is 9. The minimum absolute atomic E-state index is 0.00380. The van der Waals surface area contributed by atoms with Gasteiger partial charge < -0.3 is 20.9 Å². The number of thiazole rings is 1. The van der Waals surface area contributed by atoms with E-state index in [0.29, 0.717) is 17.3 Å². The molecule has 3 aromatic rings. The van der Waals surface area contributed by atoms with E-state index in [1.165, 1.54) is 12.1 Å². The maximum Gasteiger partial charge on any atom is 0.259 e. The van der Waals surface area contributed by atoms with Crippen molar-refractivity contribution in [3.05, 3.63) is 88.9 Å². The molecule has 39 heavy (non-hydrogen) atoms. The lowest BCUT2D eigenvalue weighted by atomic mass is 10.1. The molecule has 9 nitrogen and oxygen atoms in total. The fraction of sp³-hybridized carbons (Fsp3) is 0.214. The van der Waals surface area contributed by atoms with Crippen LogP contribution < -0.4 is 26.3 Å². The smallest absolute Gasteiger partial charge is 0.259 e. The highest BCUT2D eigenvalue weighted by molar-refractivity contribution is 7.95. The van der Waals surface area contributed by atoms with Gasteiger partial charge in [0.25, 0.3) is 5.91 Å². The molecular weight excluding hydrogens is 536 g/mol. The molecule has 0 atom stereocenters. The topological polar surface area (TPSA) is 147 Å². The molecule has 0 saturated carbocycles. The van der Waals surface area contributed by atoms with Crippen molar-refractivity contribution in [3.63, 3.8) is 0 Å². The summed E-state index contributed by atoms with van der Waals surface area (Å²) in [6, 6.07) is 11.8. The molecule has 5 N–H and O–H groups in total. The second-order valence-corrected chi connectivity index (χ2v) is 11.4. The molecule has 0 unspecified atom stereocenters. The first-order valence-corrected chi connectivity index (χ1v) is 14.7. The molecule has 0 aliphatic heterocycles. The van der Waals surface area contributed by atoms with Gasteiger partial charge in [-0.25, -0.2) is 13.4 Å². The van der Waals surface area contributed by atoms with Crippen molar-refractivity contribution in [2.75, 3.05) is 22.5 Å². The number of nitrogens with zero attached hydrogens (tertiary/aromatic N) is 1. The average Bonchev–Trinajstić information content (AvgIpc) is 3.31. The number of nitrogens with two attached hydrogens (primary N) is 2. The highest BCUT2D eigenvalue weighted by Crippen LogP contribution is 2.36. The minimum atomic E-state index is -3.60. The molecule has 0 bridgehead atoms. The van der Waals surface area contributed by atoms with E-state index in [9.17, 15) is 13.2 Å². The number of carbonyl (C=O) groups is 1. The lowest BCUT2D eigenvalue weighted by molar-refractivity contribution is 0.102. The van der Waals surface area contributed by atoms with Gasteiger partial charge in [-0.15, -0.1) is 11.3 Å². The van der Waals surface area contributed by atoms with Gasteiger partial charge in [-0.2, -0.15) is 0 Å². The summed E-state index contributed by atoms with van der Waals surface area (Å²) < 4.78 is 38.3. The van der Waals surface area contributed by atoms with Gasteiger partial charge in [0.1, 0.15) is 23.1 Å². The van der Waals surface area contributed by atoms with Crippen LogP contribution in [0.2, 0.25) is 0 Å². The van der Waals surface area contributed by atoms with Crippen LogP contribution in [0.4, 0.5) is 16.6 Å². The number of rotatable bonds is 13. The Labute approximate surface area is 232 Å². The number of sulfone groups is 1. The first-order chi connectivity index (χ1) is 18.6. The summed E-state index contributed by atoms with van der Waals surface area (Å²) in [5.74, 6) is 0.716. The van der Waals surface area contributed by atoms with Crippen LogP contribution in [0, 0.1) is 0 Å². The van der Waals surface area contributed by atoms with E-state index in [0.717, 1.165) is 17.8 Å². The van der Waals surface area contributed by atoms with Crippen LogP contribution in [0.3, 0.4) is 0 Å². The zero-order valence-corrected chi connectivity index (χ0v) is 23.5. The van der Waals surface area contributed by atoms with Crippen molar-refractivity contribution in [2.24, 2.45) is 0 Å². The van der Waals surface area contributed by atoms with Gasteiger partial charge in [0.05, 0.1) is 21.9 Å². The van der Waals surface area contributed by atoms with E-state index in [-0.39, 0.29) is 51.4 Å². The molecule has 0 spiro atoms. The second-order valence-electron chi connectivity index (χ2n) is 8.45. The number of allylic oxidation sites excluding steroid dienone is 5. The van der Waals surface area contributed by atoms with E-state index in [1.54, 1.807) is 54.8 Å². The average molecular weight is 569 g/mol. The van der Waals surface area contributed by atoms with Crippen molar-refractivity contribution >= 4 is 43.7 Å². The number of para-hydroxylation sites is 1. The number of nitrogens with one attached hydrogen (secondary N) is 1. The van der Waals surface area contributed by atoms with Gasteiger partial charge >= 0.3 is 0 Å². The van der Waals surface area contributed by atoms with Gasteiger partial charge in [-0.05, 0) is 31.5 Å². The van der Waals surface area contributed by atoms with Gasteiger partial charge in [-0.3, -0.25) is 10.1 Å². The summed E-state index contributed by atoms with van der Waals surface area (Å²) in [5, 5.41) is 4.56. The van der Waals surface area contributed by atoms with E-state index >= 15 is 0 Å². The molecular formula is C28H32N4O5S2. The summed E-state index contributed by atoms with van der Waals surface area (Å²) >= 11 is 1.16. The molecule has 0 aliphatic rings. The first kappa shape index (κ1) is 29.5. The molecule has 0 radical (unpaired) electrons. The molecule has 0 fully saturated rings. The number of nitrogen functional groups attached to an aromatic ring is 2. The van der Waals surface area contributed by atoms with Gasteiger partial charge in [-0.1, -0.05) is 56.4 Å².